The molecule has 3 heterocycles. The largest absolute Gasteiger partial charge is 0.394 e. The minimum absolute atomic E-state index is 0.0889. The Labute approximate surface area is 241 Å². The van der Waals surface area contributed by atoms with Crippen LogP contribution in [-0.4, -0.2) is 172 Å². The Hall–Kier alpha value is -0.760. The molecule has 3 saturated heterocycles. The van der Waals surface area contributed by atoms with E-state index in [4.69, 9.17) is 62.8 Å². The summed E-state index contributed by atoms with van der Waals surface area (Å²) in [6.07, 6.45) is -19.8. The van der Waals surface area contributed by atoms with E-state index in [-0.39, 0.29) is 19.5 Å². The van der Waals surface area contributed by atoms with Crippen molar-refractivity contribution in [3.8, 4) is 0 Å². The minimum atomic E-state index is -1.60. The summed E-state index contributed by atoms with van der Waals surface area (Å²) in [5, 5.41) is 73.0. The first-order valence-corrected chi connectivity index (χ1v) is 13.9. The van der Waals surface area contributed by atoms with Crippen molar-refractivity contribution in [3.05, 3.63) is 0 Å². The predicted octanol–water partition coefficient (Wildman–Crippen LogP) is -8.90. The van der Waals surface area contributed by atoms with Gasteiger partial charge in [0, 0.05) is 25.2 Å². The van der Waals surface area contributed by atoms with Gasteiger partial charge < -0.3 is 98.6 Å². The highest BCUT2D eigenvalue weighted by Gasteiger charge is 2.54. The van der Waals surface area contributed by atoms with Crippen LogP contribution in [0.15, 0.2) is 0 Å². The summed E-state index contributed by atoms with van der Waals surface area (Å²) in [7, 11) is 0. The molecule has 19 N–H and O–H groups in total. The summed E-state index contributed by atoms with van der Waals surface area (Å²) in [6, 6.07) is -4.18. The molecule has 1 saturated carbocycles. The van der Waals surface area contributed by atoms with E-state index in [0.717, 1.165) is 0 Å². The van der Waals surface area contributed by atoms with Crippen molar-refractivity contribution >= 4 is 0 Å². The average molecular weight is 615 g/mol. The van der Waals surface area contributed by atoms with Crippen LogP contribution in [0, 0.1) is 0 Å². The topological polar surface area (TPSA) is 353 Å². The van der Waals surface area contributed by atoms with Crippen LogP contribution in [-0.2, 0) is 28.4 Å². The SMILES string of the molecule is NC[C@@H]1O[C@H](O[C@H]2[C@@H](O)[C@H](OC3[C@@H](O)[C@H](N)C[C@H](N)[C@H]3O[C@H]3O[C@H](CN)[C@@H](O)[C@H](O)[C@H]3N)O[C@@H]2CO)[C@H](N)[C@@H](O)[C@@H]1O. The van der Waals surface area contributed by atoms with Crippen molar-refractivity contribution in [2.75, 3.05) is 19.7 Å². The number of ether oxygens (including phenoxy) is 6. The third-order valence-electron chi connectivity index (χ3n) is 8.37. The standard InChI is InChI=1S/C23H46N6O13/c24-2-7-13(32)15(34)10(28)21(37-7)40-18-6(27)1-5(26)12(31)20(18)42-23-17(36)19(9(4-30)39-23)41-22-11(29)16(35)14(33)8(3-25)38-22/h5-23,30-36H,1-4,24-29H2/t5-,6+,7-,8+,9-,10-,11-,12+,13-,14-,15-,16-,17-,18-,19-,20?,21-,22-,23+/m1/s1. The highest BCUT2D eigenvalue weighted by Crippen LogP contribution is 2.34. The fourth-order valence-corrected chi connectivity index (χ4v) is 5.74. The molecular formula is C23H46N6O13. The first-order valence-electron chi connectivity index (χ1n) is 13.9. The lowest BCUT2D eigenvalue weighted by atomic mass is 9.84. The molecular weight excluding hydrogens is 568 g/mol. The van der Waals surface area contributed by atoms with E-state index in [1.807, 2.05) is 0 Å². The molecule has 0 aromatic rings. The first-order chi connectivity index (χ1) is 19.8. The molecule has 4 fully saturated rings. The van der Waals surface area contributed by atoms with Crippen molar-refractivity contribution in [2.45, 2.75) is 123 Å². The lowest BCUT2D eigenvalue weighted by molar-refractivity contribution is -0.306. The molecule has 4 aliphatic rings. The van der Waals surface area contributed by atoms with Crippen LogP contribution in [0.25, 0.3) is 0 Å². The monoisotopic (exact) mass is 614 g/mol. The van der Waals surface area contributed by atoms with Crippen LogP contribution in [0.4, 0.5) is 0 Å². The molecule has 3 aliphatic heterocycles. The molecule has 42 heavy (non-hydrogen) atoms. The van der Waals surface area contributed by atoms with Gasteiger partial charge >= 0.3 is 0 Å². The Morgan fingerprint density at radius 1 is 0.524 bits per heavy atom. The van der Waals surface area contributed by atoms with E-state index < -0.39 is 123 Å². The summed E-state index contributed by atoms with van der Waals surface area (Å²) in [4.78, 5) is 0. The van der Waals surface area contributed by atoms with Crippen molar-refractivity contribution in [2.24, 2.45) is 34.4 Å². The smallest absolute Gasteiger partial charge is 0.187 e. The van der Waals surface area contributed by atoms with Crippen LogP contribution in [0.3, 0.4) is 0 Å². The molecule has 0 aromatic heterocycles. The Kier molecular flexibility index (Phi) is 11.5. The molecule has 19 atom stereocenters. The highest BCUT2D eigenvalue weighted by atomic mass is 16.8. The Balaban J connectivity index is 1.50. The summed E-state index contributed by atoms with van der Waals surface area (Å²) in [5.74, 6) is 0. The van der Waals surface area contributed by atoms with Crippen molar-refractivity contribution < 1.29 is 64.2 Å². The minimum Gasteiger partial charge on any atom is -0.394 e. The fourth-order valence-electron chi connectivity index (χ4n) is 5.74. The van der Waals surface area contributed by atoms with Gasteiger partial charge in [-0.25, -0.2) is 0 Å². The molecule has 4 rings (SSSR count). The maximum atomic E-state index is 11.1. The van der Waals surface area contributed by atoms with Gasteiger partial charge in [-0.05, 0) is 6.42 Å². The molecule has 0 aromatic carbocycles. The van der Waals surface area contributed by atoms with Gasteiger partial charge in [0.25, 0.3) is 0 Å². The predicted molar refractivity (Wildman–Crippen MR) is 138 cm³/mol. The normalized spacial score (nSPS) is 53.8. The lowest BCUT2D eigenvalue weighted by Crippen LogP contribution is -2.68. The van der Waals surface area contributed by atoms with E-state index in [2.05, 4.69) is 0 Å². The molecule has 19 heteroatoms. The highest BCUT2D eigenvalue weighted by molar-refractivity contribution is 5.02. The third-order valence-corrected chi connectivity index (χ3v) is 8.37. The van der Waals surface area contributed by atoms with Crippen LogP contribution in [0.5, 0.6) is 0 Å². The second-order valence-electron chi connectivity index (χ2n) is 11.2. The van der Waals surface area contributed by atoms with Gasteiger partial charge in [-0.2, -0.15) is 0 Å². The summed E-state index contributed by atoms with van der Waals surface area (Å²) < 4.78 is 34.6. The second-order valence-corrected chi connectivity index (χ2v) is 11.2. The zero-order chi connectivity index (χ0) is 31.0. The summed E-state index contributed by atoms with van der Waals surface area (Å²) in [5.41, 5.74) is 35.6. The molecule has 0 bridgehead atoms. The number of aliphatic hydroxyl groups is 7. The Bertz CT molecular complexity index is 868. The Morgan fingerprint density at radius 2 is 0.976 bits per heavy atom. The van der Waals surface area contributed by atoms with Crippen molar-refractivity contribution in [1.29, 1.82) is 0 Å². The van der Waals surface area contributed by atoms with E-state index >= 15 is 0 Å². The zero-order valence-electron chi connectivity index (χ0n) is 22.8. The molecule has 0 amide bonds. The number of aliphatic hydroxyl groups excluding tert-OH is 7. The maximum absolute atomic E-state index is 11.1. The van der Waals surface area contributed by atoms with Crippen LogP contribution in [0.2, 0.25) is 0 Å². The van der Waals surface area contributed by atoms with Gasteiger partial charge in [-0.3, -0.25) is 0 Å². The van der Waals surface area contributed by atoms with Crippen LogP contribution < -0.4 is 34.4 Å². The number of nitrogens with two attached hydrogens (primary N) is 6. The van der Waals surface area contributed by atoms with Crippen LogP contribution in [0.1, 0.15) is 6.42 Å². The molecule has 1 unspecified atom stereocenters. The van der Waals surface area contributed by atoms with Crippen molar-refractivity contribution in [3.63, 3.8) is 0 Å². The molecule has 1 aliphatic carbocycles. The number of rotatable bonds is 9. The maximum Gasteiger partial charge on any atom is 0.187 e. The third kappa shape index (κ3) is 6.60. The number of hydrogen-bond donors (Lipinski definition) is 13. The first kappa shape index (κ1) is 34.1. The van der Waals surface area contributed by atoms with Gasteiger partial charge in [0.05, 0.1) is 24.8 Å². The van der Waals surface area contributed by atoms with E-state index in [0.29, 0.717) is 0 Å². The van der Waals surface area contributed by atoms with Crippen LogP contribution >= 0.6 is 0 Å². The van der Waals surface area contributed by atoms with E-state index in [1.165, 1.54) is 0 Å². The summed E-state index contributed by atoms with van der Waals surface area (Å²) in [6.45, 7) is -0.967. The lowest BCUT2D eigenvalue weighted by Gasteiger charge is -2.47. The molecule has 19 nitrogen and oxygen atoms in total. The van der Waals surface area contributed by atoms with Gasteiger partial charge in [0.1, 0.15) is 67.1 Å². The van der Waals surface area contributed by atoms with E-state index in [1.54, 1.807) is 0 Å². The Morgan fingerprint density at radius 3 is 1.45 bits per heavy atom. The molecule has 246 valence electrons. The summed E-state index contributed by atoms with van der Waals surface area (Å²) >= 11 is 0. The average Bonchev–Trinajstić information content (AvgIpc) is 3.27. The molecule has 0 spiro atoms. The van der Waals surface area contributed by atoms with Gasteiger partial charge in [0.2, 0.25) is 0 Å². The van der Waals surface area contributed by atoms with Gasteiger partial charge in [-0.15, -0.1) is 0 Å². The second kappa shape index (κ2) is 14.1. The zero-order valence-corrected chi connectivity index (χ0v) is 22.8. The van der Waals surface area contributed by atoms with Crippen molar-refractivity contribution in [1.82, 2.24) is 0 Å². The molecule has 0 radical (unpaired) electrons. The van der Waals surface area contributed by atoms with Gasteiger partial charge in [0.15, 0.2) is 18.9 Å². The van der Waals surface area contributed by atoms with Gasteiger partial charge in [-0.1, -0.05) is 0 Å². The fraction of sp³-hybridized carbons (Fsp3) is 1.00. The quantitative estimate of drug-likeness (QED) is 0.115. The van der Waals surface area contributed by atoms with E-state index in [9.17, 15) is 35.7 Å². The number of hydrogen-bond acceptors (Lipinski definition) is 19.